The van der Waals surface area contributed by atoms with E-state index in [4.69, 9.17) is 0 Å². The minimum atomic E-state index is -0.926. The number of amides is 2. The van der Waals surface area contributed by atoms with Crippen molar-refractivity contribution >= 4 is 17.8 Å². The number of carboxylic acids is 1. The van der Waals surface area contributed by atoms with Crippen molar-refractivity contribution in [3.63, 3.8) is 0 Å². The van der Waals surface area contributed by atoms with Gasteiger partial charge in [-0.1, -0.05) is 0 Å². The fraction of sp³-hybridized carbons (Fsp3) is 0.857. The third kappa shape index (κ3) is 2.87. The summed E-state index contributed by atoms with van der Waals surface area (Å²) in [5, 5.41) is 10.1. The Balaban J connectivity index is 2.07. The van der Waals surface area contributed by atoms with E-state index in [2.05, 4.69) is 0 Å². The molecule has 4 rings (SSSR count). The van der Waals surface area contributed by atoms with Crippen molar-refractivity contribution in [2.75, 3.05) is 26.2 Å². The number of hydrogen-bond acceptors (Lipinski definition) is 3. The van der Waals surface area contributed by atoms with Gasteiger partial charge in [0.15, 0.2) is 0 Å². The highest BCUT2D eigenvalue weighted by atomic mass is 16.4. The lowest BCUT2D eigenvalue weighted by molar-refractivity contribution is -0.203. The van der Waals surface area contributed by atoms with Gasteiger partial charge in [-0.15, -0.1) is 0 Å². The van der Waals surface area contributed by atoms with Crippen molar-refractivity contribution in [1.29, 1.82) is 0 Å². The molecule has 4 bridgehead atoms. The fourth-order valence-electron chi connectivity index (χ4n) is 6.85. The molecule has 2 unspecified atom stereocenters. The third-order valence-corrected chi connectivity index (χ3v) is 7.53. The highest BCUT2D eigenvalue weighted by Gasteiger charge is 2.70. The van der Waals surface area contributed by atoms with Crippen LogP contribution in [0.4, 0.5) is 0 Å². The maximum absolute atomic E-state index is 13.5. The molecule has 6 heteroatoms. The molecule has 152 valence electrons. The van der Waals surface area contributed by atoms with Gasteiger partial charge < -0.3 is 14.9 Å². The SMILES string of the molecule is CCN(CC)C(=O)C12CC3CC(C(=O)O)(C1)CC(C(=O)N(CC)CC)(C3)C2. The monoisotopic (exact) mass is 378 g/mol. The van der Waals surface area contributed by atoms with Crippen molar-refractivity contribution in [3.8, 4) is 0 Å². The fourth-order valence-corrected chi connectivity index (χ4v) is 6.85. The minimum absolute atomic E-state index is 0.0685. The van der Waals surface area contributed by atoms with Crippen molar-refractivity contribution < 1.29 is 19.5 Å². The lowest BCUT2D eigenvalue weighted by Gasteiger charge is -2.64. The Kier molecular flexibility index (Phi) is 5.06. The van der Waals surface area contributed by atoms with Gasteiger partial charge in [-0.2, -0.15) is 0 Å². The minimum Gasteiger partial charge on any atom is -0.481 e. The first-order valence-electron chi connectivity index (χ1n) is 10.5. The summed E-state index contributed by atoms with van der Waals surface area (Å²) in [6.07, 6.45) is 3.41. The number of rotatable bonds is 7. The summed E-state index contributed by atoms with van der Waals surface area (Å²) in [4.78, 5) is 43.0. The Morgan fingerprint density at radius 2 is 1.07 bits per heavy atom. The molecule has 0 saturated heterocycles. The maximum Gasteiger partial charge on any atom is 0.309 e. The Hall–Kier alpha value is -1.59. The Bertz CT molecular complexity index is 598. The average Bonchev–Trinajstić information content (AvgIpc) is 2.62. The van der Waals surface area contributed by atoms with Crippen LogP contribution in [-0.2, 0) is 14.4 Å². The third-order valence-electron chi connectivity index (χ3n) is 7.53. The highest BCUT2D eigenvalue weighted by Crippen LogP contribution is 2.70. The molecule has 0 spiro atoms. The largest absolute Gasteiger partial charge is 0.481 e. The van der Waals surface area contributed by atoms with Crippen LogP contribution in [0, 0.1) is 22.2 Å². The van der Waals surface area contributed by atoms with Crippen LogP contribution in [-0.4, -0.2) is 58.9 Å². The molecule has 2 atom stereocenters. The first kappa shape index (κ1) is 20.2. The van der Waals surface area contributed by atoms with Crippen LogP contribution in [0.1, 0.15) is 66.2 Å². The van der Waals surface area contributed by atoms with E-state index in [1.165, 1.54) is 0 Å². The molecule has 0 aromatic carbocycles. The second kappa shape index (κ2) is 6.78. The molecule has 0 radical (unpaired) electrons. The normalized spacial score (nSPS) is 36.5. The van der Waals surface area contributed by atoms with Gasteiger partial charge in [0.1, 0.15) is 0 Å². The van der Waals surface area contributed by atoms with Crippen molar-refractivity contribution in [2.45, 2.75) is 66.2 Å². The second-order valence-electron chi connectivity index (χ2n) is 9.11. The molecule has 0 aliphatic heterocycles. The van der Waals surface area contributed by atoms with Crippen molar-refractivity contribution in [2.24, 2.45) is 22.2 Å². The van der Waals surface area contributed by atoms with Gasteiger partial charge in [0.25, 0.3) is 0 Å². The Morgan fingerprint density at radius 1 is 0.741 bits per heavy atom. The van der Waals surface area contributed by atoms with Crippen LogP contribution in [0.5, 0.6) is 0 Å². The summed E-state index contributed by atoms with van der Waals surface area (Å²) < 4.78 is 0. The molecule has 0 aromatic heterocycles. The second-order valence-corrected chi connectivity index (χ2v) is 9.11. The van der Waals surface area contributed by atoms with E-state index < -0.39 is 22.2 Å². The zero-order chi connectivity index (χ0) is 20.0. The summed E-state index contributed by atoms with van der Waals surface area (Å²) >= 11 is 0. The number of aliphatic carboxylic acids is 1. The maximum atomic E-state index is 13.5. The van der Waals surface area contributed by atoms with E-state index in [1.54, 1.807) is 0 Å². The highest BCUT2D eigenvalue weighted by molar-refractivity contribution is 5.91. The number of carbonyl (C=O) groups is 3. The van der Waals surface area contributed by atoms with Crippen LogP contribution < -0.4 is 0 Å². The Labute approximate surface area is 162 Å². The van der Waals surface area contributed by atoms with Crippen LogP contribution >= 0.6 is 0 Å². The van der Waals surface area contributed by atoms with E-state index in [0.717, 1.165) is 12.8 Å². The molecule has 4 aliphatic carbocycles. The molecule has 2 amide bonds. The number of carbonyl (C=O) groups excluding carboxylic acids is 2. The van der Waals surface area contributed by atoms with Gasteiger partial charge in [0.2, 0.25) is 11.8 Å². The van der Waals surface area contributed by atoms with Crippen LogP contribution in [0.2, 0.25) is 0 Å². The molecule has 4 saturated carbocycles. The molecule has 1 N–H and O–H groups in total. The van der Waals surface area contributed by atoms with Crippen LogP contribution in [0.25, 0.3) is 0 Å². The lowest BCUT2D eigenvalue weighted by atomic mass is 9.39. The smallest absolute Gasteiger partial charge is 0.309 e. The van der Waals surface area contributed by atoms with Crippen LogP contribution in [0.3, 0.4) is 0 Å². The topological polar surface area (TPSA) is 77.9 Å². The van der Waals surface area contributed by atoms with Crippen LogP contribution in [0.15, 0.2) is 0 Å². The molecule has 6 nitrogen and oxygen atoms in total. The lowest BCUT2D eigenvalue weighted by Crippen LogP contribution is -2.66. The summed E-state index contributed by atoms with van der Waals surface area (Å²) in [6.45, 7) is 10.4. The molecule has 0 heterocycles. The van der Waals surface area contributed by atoms with E-state index in [-0.39, 0.29) is 17.7 Å². The summed E-state index contributed by atoms with van der Waals surface area (Å²) in [6, 6.07) is 0. The molecule has 4 aliphatic rings. The number of nitrogens with zero attached hydrogens (tertiary/aromatic N) is 2. The first-order chi connectivity index (χ1) is 12.7. The number of carboxylic acid groups (broad SMARTS) is 1. The molecular weight excluding hydrogens is 344 g/mol. The predicted molar refractivity (Wildman–Crippen MR) is 102 cm³/mol. The quantitative estimate of drug-likeness (QED) is 0.739. The van der Waals surface area contributed by atoms with Gasteiger partial charge in [-0.3, -0.25) is 14.4 Å². The molecule has 27 heavy (non-hydrogen) atoms. The van der Waals surface area contributed by atoms with Crippen molar-refractivity contribution in [3.05, 3.63) is 0 Å². The Morgan fingerprint density at radius 3 is 1.41 bits per heavy atom. The zero-order valence-electron chi connectivity index (χ0n) is 17.2. The average molecular weight is 379 g/mol. The standard InChI is InChI=1S/C21H34N2O4/c1-5-22(6-2)16(24)19-9-15-10-20(12-19,17(25)23(7-3)8-4)14-21(11-15,13-19)18(26)27/h15H,5-14H2,1-4H3,(H,26,27). The van der Waals surface area contributed by atoms with Gasteiger partial charge in [0, 0.05) is 26.2 Å². The molecule has 4 fully saturated rings. The summed E-state index contributed by atoms with van der Waals surface area (Å²) in [5.41, 5.74) is -2.30. The van der Waals surface area contributed by atoms with E-state index in [0.29, 0.717) is 51.9 Å². The van der Waals surface area contributed by atoms with Gasteiger partial charge >= 0.3 is 5.97 Å². The first-order valence-corrected chi connectivity index (χ1v) is 10.5. The molecule has 0 aromatic rings. The van der Waals surface area contributed by atoms with Crippen molar-refractivity contribution in [1.82, 2.24) is 9.80 Å². The molecular formula is C21H34N2O4. The summed E-state index contributed by atoms with van der Waals surface area (Å²) in [7, 11) is 0. The zero-order valence-corrected chi connectivity index (χ0v) is 17.2. The van der Waals surface area contributed by atoms with Gasteiger partial charge in [0.05, 0.1) is 16.2 Å². The van der Waals surface area contributed by atoms with Gasteiger partial charge in [-0.25, -0.2) is 0 Å². The van der Waals surface area contributed by atoms with E-state index in [1.807, 2.05) is 37.5 Å². The summed E-state index contributed by atoms with van der Waals surface area (Å²) in [5.74, 6) is -0.533. The predicted octanol–water partition coefficient (Wildman–Crippen LogP) is 2.76. The van der Waals surface area contributed by atoms with Gasteiger partial charge in [-0.05, 0) is 72.1 Å². The number of hydrogen-bond donors (Lipinski definition) is 1. The van der Waals surface area contributed by atoms with E-state index in [9.17, 15) is 19.5 Å². The van der Waals surface area contributed by atoms with E-state index >= 15 is 0 Å².